The molecule has 2 fully saturated rings. The molecule has 9 heteroatoms. The zero-order valence-electron chi connectivity index (χ0n) is 15.7. The predicted molar refractivity (Wildman–Crippen MR) is 109 cm³/mol. The van der Waals surface area contributed by atoms with Crippen molar-refractivity contribution in [2.24, 2.45) is 0 Å². The van der Waals surface area contributed by atoms with Gasteiger partial charge in [0, 0.05) is 73.3 Å². The molecule has 2 N–H and O–H groups in total. The van der Waals surface area contributed by atoms with Crippen molar-refractivity contribution in [3.05, 3.63) is 35.9 Å². The van der Waals surface area contributed by atoms with Crippen LogP contribution in [0.2, 0.25) is 0 Å². The lowest BCUT2D eigenvalue weighted by Crippen LogP contribution is -2.52. The van der Waals surface area contributed by atoms with Crippen LogP contribution in [0.1, 0.15) is 5.56 Å². The Hall–Kier alpha value is -2.23. The average molecular weight is 407 g/mol. The zero-order chi connectivity index (χ0) is 19.9. The molecule has 28 heavy (non-hydrogen) atoms. The van der Waals surface area contributed by atoms with E-state index in [1.807, 2.05) is 29.2 Å². The quantitative estimate of drug-likeness (QED) is 0.404. The van der Waals surface area contributed by atoms with E-state index in [-0.39, 0.29) is 5.91 Å². The fraction of sp³-hybridized carbons (Fsp3) is 0.474. The van der Waals surface area contributed by atoms with E-state index in [1.165, 1.54) is 6.08 Å². The van der Waals surface area contributed by atoms with Crippen LogP contribution in [0.15, 0.2) is 30.3 Å². The summed E-state index contributed by atoms with van der Waals surface area (Å²) in [5.41, 5.74) is 3.46. The molecule has 0 aromatic heterocycles. The van der Waals surface area contributed by atoms with Crippen LogP contribution >= 0.6 is 0 Å². The van der Waals surface area contributed by atoms with Crippen LogP contribution in [0.5, 0.6) is 0 Å². The molecular formula is C19H26N4O4S. The summed E-state index contributed by atoms with van der Waals surface area (Å²) in [6.45, 7) is 4.56. The Kier molecular flexibility index (Phi) is 7.18. The first-order valence-corrected chi connectivity index (χ1v) is 10.9. The summed E-state index contributed by atoms with van der Waals surface area (Å²) in [7, 11) is -0.732. The lowest BCUT2D eigenvalue weighted by Gasteiger charge is -2.38. The van der Waals surface area contributed by atoms with Gasteiger partial charge in [-0.1, -0.05) is 18.2 Å². The highest BCUT2D eigenvalue weighted by Gasteiger charge is 2.25. The van der Waals surface area contributed by atoms with Crippen LogP contribution in [0.4, 0.5) is 5.69 Å². The Bertz CT molecular complexity index is 752. The summed E-state index contributed by atoms with van der Waals surface area (Å²) in [6.07, 6.45) is 2.95. The standard InChI is InChI=1S/C19H26N4O4S/c24-18(20-26)6-5-16-3-1-2-4-17(16)22-7-9-23(10-8-22)19(25)15-21-11-13-28(27)14-12-21/h1-6,26H,7-15H2,(H,20,24)/b6-5+. The van der Waals surface area contributed by atoms with Crippen molar-refractivity contribution >= 4 is 34.4 Å². The van der Waals surface area contributed by atoms with Gasteiger partial charge in [-0.25, -0.2) is 5.48 Å². The number of hydrogen-bond donors (Lipinski definition) is 2. The molecule has 0 unspecified atom stereocenters. The molecule has 2 amide bonds. The summed E-state index contributed by atoms with van der Waals surface area (Å²) in [4.78, 5) is 30.0. The summed E-state index contributed by atoms with van der Waals surface area (Å²) < 4.78 is 11.4. The molecule has 0 atom stereocenters. The van der Waals surface area contributed by atoms with Crippen LogP contribution < -0.4 is 10.4 Å². The summed E-state index contributed by atoms with van der Waals surface area (Å²) >= 11 is 0. The van der Waals surface area contributed by atoms with Gasteiger partial charge >= 0.3 is 0 Å². The van der Waals surface area contributed by atoms with Gasteiger partial charge in [-0.15, -0.1) is 0 Å². The number of piperazine rings is 1. The van der Waals surface area contributed by atoms with E-state index >= 15 is 0 Å². The minimum absolute atomic E-state index is 0.125. The number of benzene rings is 1. The van der Waals surface area contributed by atoms with Crippen molar-refractivity contribution in [3.8, 4) is 0 Å². The van der Waals surface area contributed by atoms with E-state index in [1.54, 1.807) is 11.6 Å². The first-order chi connectivity index (χ1) is 13.6. The number of hydrogen-bond acceptors (Lipinski definition) is 6. The maximum absolute atomic E-state index is 12.6. The summed E-state index contributed by atoms with van der Waals surface area (Å²) in [6, 6.07) is 7.73. The van der Waals surface area contributed by atoms with Gasteiger partial charge in [0.1, 0.15) is 0 Å². The number of carbonyl (C=O) groups excluding carboxylic acids is 2. The second kappa shape index (κ2) is 9.81. The molecule has 2 saturated heterocycles. The second-order valence-corrected chi connectivity index (χ2v) is 8.56. The van der Waals surface area contributed by atoms with Gasteiger partial charge in [0.2, 0.25) is 5.91 Å². The number of nitrogens with one attached hydrogen (secondary N) is 1. The van der Waals surface area contributed by atoms with Crippen molar-refractivity contribution < 1.29 is 19.0 Å². The molecule has 0 radical (unpaired) electrons. The Labute approximate surface area is 167 Å². The van der Waals surface area contributed by atoms with Gasteiger partial charge < -0.3 is 9.80 Å². The molecular weight excluding hydrogens is 380 g/mol. The van der Waals surface area contributed by atoms with Crippen LogP contribution in [-0.4, -0.2) is 88.3 Å². The number of para-hydroxylation sites is 1. The van der Waals surface area contributed by atoms with Crippen molar-refractivity contribution in [2.45, 2.75) is 0 Å². The number of amides is 2. The zero-order valence-corrected chi connectivity index (χ0v) is 16.6. The second-order valence-electron chi connectivity index (χ2n) is 6.86. The van der Waals surface area contributed by atoms with Gasteiger partial charge in [-0.2, -0.15) is 0 Å². The van der Waals surface area contributed by atoms with E-state index < -0.39 is 16.7 Å². The Morgan fingerprint density at radius 1 is 1.07 bits per heavy atom. The van der Waals surface area contributed by atoms with Gasteiger partial charge in [0.25, 0.3) is 5.91 Å². The fourth-order valence-corrected chi connectivity index (χ4v) is 4.57. The van der Waals surface area contributed by atoms with Gasteiger partial charge in [-0.3, -0.25) is 23.9 Å². The van der Waals surface area contributed by atoms with E-state index in [0.717, 1.165) is 24.3 Å². The molecule has 2 aliphatic rings. The van der Waals surface area contributed by atoms with E-state index in [9.17, 15) is 13.8 Å². The lowest BCUT2D eigenvalue weighted by molar-refractivity contribution is -0.132. The minimum Gasteiger partial charge on any atom is -0.367 e. The molecule has 0 spiro atoms. The number of hydroxylamine groups is 1. The van der Waals surface area contributed by atoms with Crippen molar-refractivity contribution in [2.75, 3.05) is 62.2 Å². The Balaban J connectivity index is 1.55. The van der Waals surface area contributed by atoms with Crippen LogP contribution in [-0.2, 0) is 20.4 Å². The van der Waals surface area contributed by atoms with Crippen LogP contribution in [0, 0.1) is 0 Å². The highest BCUT2D eigenvalue weighted by Crippen LogP contribution is 2.23. The van der Waals surface area contributed by atoms with E-state index in [0.29, 0.717) is 44.2 Å². The van der Waals surface area contributed by atoms with Crippen molar-refractivity contribution in [1.82, 2.24) is 15.3 Å². The SMILES string of the molecule is O=C(/C=C/c1ccccc1N1CCN(C(=O)CN2CCS(=O)CC2)CC1)NO. The number of nitrogens with zero attached hydrogens (tertiary/aromatic N) is 3. The monoisotopic (exact) mass is 406 g/mol. The molecule has 1 aromatic rings. The van der Waals surface area contributed by atoms with E-state index in [4.69, 9.17) is 5.21 Å². The largest absolute Gasteiger partial charge is 0.367 e. The first-order valence-electron chi connectivity index (χ1n) is 9.38. The minimum atomic E-state index is -0.732. The number of carbonyl (C=O) groups is 2. The van der Waals surface area contributed by atoms with E-state index in [2.05, 4.69) is 9.80 Å². The van der Waals surface area contributed by atoms with Gasteiger partial charge in [0.05, 0.1) is 6.54 Å². The highest BCUT2D eigenvalue weighted by atomic mass is 32.2. The molecule has 0 bridgehead atoms. The van der Waals surface area contributed by atoms with Crippen molar-refractivity contribution in [3.63, 3.8) is 0 Å². The number of anilines is 1. The maximum atomic E-state index is 12.6. The topological polar surface area (TPSA) is 93.2 Å². The molecule has 2 heterocycles. The third kappa shape index (κ3) is 5.40. The highest BCUT2D eigenvalue weighted by molar-refractivity contribution is 7.85. The smallest absolute Gasteiger partial charge is 0.267 e. The molecule has 152 valence electrons. The normalized spacial score (nSPS) is 19.2. The van der Waals surface area contributed by atoms with Crippen LogP contribution in [0.25, 0.3) is 6.08 Å². The maximum Gasteiger partial charge on any atom is 0.267 e. The van der Waals surface area contributed by atoms with Gasteiger partial charge in [-0.05, 0) is 17.7 Å². The molecule has 0 saturated carbocycles. The molecule has 1 aromatic carbocycles. The summed E-state index contributed by atoms with van der Waals surface area (Å²) in [5, 5.41) is 8.63. The summed E-state index contributed by atoms with van der Waals surface area (Å²) in [5.74, 6) is 0.853. The average Bonchev–Trinajstić information content (AvgIpc) is 2.74. The Morgan fingerprint density at radius 2 is 1.75 bits per heavy atom. The molecule has 0 aliphatic carbocycles. The van der Waals surface area contributed by atoms with Gasteiger partial charge in [0.15, 0.2) is 0 Å². The third-order valence-electron chi connectivity index (χ3n) is 5.06. The molecule has 3 rings (SSSR count). The fourth-order valence-electron chi connectivity index (χ4n) is 3.44. The third-order valence-corrected chi connectivity index (χ3v) is 6.34. The molecule has 8 nitrogen and oxygen atoms in total. The molecule has 2 aliphatic heterocycles. The first kappa shape index (κ1) is 20.5. The van der Waals surface area contributed by atoms with Crippen LogP contribution in [0.3, 0.4) is 0 Å². The predicted octanol–water partition coefficient (Wildman–Crippen LogP) is -0.0819. The number of rotatable bonds is 5. The Morgan fingerprint density at radius 3 is 2.43 bits per heavy atom. The van der Waals surface area contributed by atoms with Crippen molar-refractivity contribution in [1.29, 1.82) is 0 Å². The lowest BCUT2D eigenvalue weighted by atomic mass is 10.1.